The van der Waals surface area contributed by atoms with Crippen LogP contribution in [0.5, 0.6) is 0 Å². The normalized spacial score (nSPS) is 10.6. The summed E-state index contributed by atoms with van der Waals surface area (Å²) in [4.78, 5) is 15.6. The fourth-order valence-electron chi connectivity index (χ4n) is 2.11. The van der Waals surface area contributed by atoms with Gasteiger partial charge in [0.15, 0.2) is 5.96 Å². The first kappa shape index (κ1) is 20.9. The number of halogens is 2. The number of hydrogen-bond acceptors (Lipinski definition) is 2. The van der Waals surface area contributed by atoms with Crippen LogP contribution in [0.1, 0.15) is 21.5 Å². The molecule has 0 saturated heterocycles. The van der Waals surface area contributed by atoms with Crippen molar-refractivity contribution in [1.82, 2.24) is 16.0 Å². The molecule has 0 bridgehead atoms. The van der Waals surface area contributed by atoms with E-state index in [0.717, 1.165) is 11.1 Å². The number of hydrogen-bond donors (Lipinski definition) is 3. The molecule has 0 aliphatic heterocycles. The van der Waals surface area contributed by atoms with Crippen molar-refractivity contribution >= 4 is 35.8 Å². The lowest BCUT2D eigenvalue weighted by Gasteiger charge is -2.12. The van der Waals surface area contributed by atoms with Crippen LogP contribution in [0.3, 0.4) is 0 Å². The minimum Gasteiger partial charge on any atom is -0.355 e. The molecule has 0 radical (unpaired) electrons. The molecular weight excluding hydrogens is 434 g/mol. The summed E-state index contributed by atoms with van der Waals surface area (Å²) in [5.74, 6) is 0.294. The summed E-state index contributed by atoms with van der Waals surface area (Å²) in [5, 5.41) is 8.95. The molecule has 0 fully saturated rings. The molecule has 2 rings (SSSR count). The summed E-state index contributed by atoms with van der Waals surface area (Å²) in [6.45, 7) is 1.13. The van der Waals surface area contributed by atoms with Crippen molar-refractivity contribution in [1.29, 1.82) is 0 Å². The Labute approximate surface area is 164 Å². The number of aliphatic imine (C=N–C) groups is 1. The molecule has 0 aliphatic carbocycles. The van der Waals surface area contributed by atoms with E-state index in [-0.39, 0.29) is 35.7 Å². The molecule has 0 aromatic heterocycles. The number of nitrogens with zero attached hydrogens (tertiary/aromatic N) is 1. The first-order chi connectivity index (χ1) is 11.6. The van der Waals surface area contributed by atoms with Gasteiger partial charge in [-0.05, 0) is 35.4 Å². The molecule has 2 aromatic carbocycles. The van der Waals surface area contributed by atoms with E-state index in [4.69, 9.17) is 0 Å². The van der Waals surface area contributed by atoms with Crippen LogP contribution in [0, 0.1) is 5.82 Å². The number of carbonyl (C=O) groups is 1. The monoisotopic (exact) mass is 456 g/mol. The maximum atomic E-state index is 12.9. The van der Waals surface area contributed by atoms with Gasteiger partial charge in [-0.3, -0.25) is 9.79 Å². The number of rotatable bonds is 5. The number of carbonyl (C=O) groups excluding carboxylic acids is 1. The average Bonchev–Trinajstić information content (AvgIpc) is 2.63. The second kappa shape index (κ2) is 10.7. The van der Waals surface area contributed by atoms with Crippen molar-refractivity contribution in [2.24, 2.45) is 4.99 Å². The van der Waals surface area contributed by atoms with Crippen molar-refractivity contribution in [3.05, 3.63) is 71.0 Å². The highest BCUT2D eigenvalue weighted by atomic mass is 127. The molecule has 134 valence electrons. The van der Waals surface area contributed by atoms with Gasteiger partial charge in [0.05, 0.1) is 0 Å². The maximum absolute atomic E-state index is 12.9. The van der Waals surface area contributed by atoms with Crippen molar-refractivity contribution in [2.75, 3.05) is 14.1 Å². The van der Waals surface area contributed by atoms with Crippen LogP contribution in [0.15, 0.2) is 53.5 Å². The molecule has 3 N–H and O–H groups in total. The Bertz CT molecular complexity index is 702. The fourth-order valence-corrected chi connectivity index (χ4v) is 2.11. The highest BCUT2D eigenvalue weighted by Gasteiger charge is 2.03. The van der Waals surface area contributed by atoms with Gasteiger partial charge in [-0.15, -0.1) is 24.0 Å². The van der Waals surface area contributed by atoms with E-state index in [1.807, 2.05) is 12.1 Å². The maximum Gasteiger partial charge on any atom is 0.251 e. The molecule has 5 nitrogen and oxygen atoms in total. The molecular formula is C18H22FIN4O. The molecule has 0 saturated carbocycles. The molecule has 0 aliphatic rings. The highest BCUT2D eigenvalue weighted by molar-refractivity contribution is 14.0. The Kier molecular flexibility index (Phi) is 8.90. The standard InChI is InChI=1S/C18H21FN4O.HI/c1-20-17(24)15-7-3-13(4-8-15)11-22-18(21-2)23-12-14-5-9-16(19)10-6-14;/h3-10H,11-12H2,1-2H3,(H,20,24)(H2,21,22,23);1H. The molecule has 7 heteroatoms. The third kappa shape index (κ3) is 6.69. The summed E-state index contributed by atoms with van der Waals surface area (Å²) in [6.07, 6.45) is 0. The van der Waals surface area contributed by atoms with Gasteiger partial charge in [-0.1, -0.05) is 24.3 Å². The van der Waals surface area contributed by atoms with E-state index < -0.39 is 0 Å². The molecule has 25 heavy (non-hydrogen) atoms. The lowest BCUT2D eigenvalue weighted by molar-refractivity contribution is 0.0963. The van der Waals surface area contributed by atoms with Gasteiger partial charge in [0.2, 0.25) is 0 Å². The van der Waals surface area contributed by atoms with Crippen molar-refractivity contribution in [3.8, 4) is 0 Å². The van der Waals surface area contributed by atoms with E-state index in [0.29, 0.717) is 24.6 Å². The summed E-state index contributed by atoms with van der Waals surface area (Å²) < 4.78 is 12.9. The molecule has 1 amide bonds. The Morgan fingerprint density at radius 3 is 1.88 bits per heavy atom. The van der Waals surface area contributed by atoms with E-state index in [9.17, 15) is 9.18 Å². The van der Waals surface area contributed by atoms with Crippen LogP contribution < -0.4 is 16.0 Å². The largest absolute Gasteiger partial charge is 0.355 e. The first-order valence-electron chi connectivity index (χ1n) is 7.62. The molecule has 0 atom stereocenters. The minimum atomic E-state index is -0.249. The second-order valence-electron chi connectivity index (χ2n) is 5.18. The smallest absolute Gasteiger partial charge is 0.251 e. The van der Waals surface area contributed by atoms with E-state index >= 15 is 0 Å². The van der Waals surface area contributed by atoms with Crippen molar-refractivity contribution in [3.63, 3.8) is 0 Å². The lowest BCUT2D eigenvalue weighted by atomic mass is 10.1. The number of nitrogens with one attached hydrogen (secondary N) is 3. The van der Waals surface area contributed by atoms with Gasteiger partial charge < -0.3 is 16.0 Å². The van der Waals surface area contributed by atoms with E-state index in [1.165, 1.54) is 12.1 Å². The number of benzene rings is 2. The predicted molar refractivity (Wildman–Crippen MR) is 109 cm³/mol. The topological polar surface area (TPSA) is 65.5 Å². The lowest BCUT2D eigenvalue weighted by Crippen LogP contribution is -2.36. The second-order valence-corrected chi connectivity index (χ2v) is 5.18. The Balaban J connectivity index is 0.00000312. The SMILES string of the molecule is CN=C(NCc1ccc(F)cc1)NCc1ccc(C(=O)NC)cc1.I. The molecule has 0 unspecified atom stereocenters. The summed E-state index contributed by atoms with van der Waals surface area (Å²) in [7, 11) is 3.29. The highest BCUT2D eigenvalue weighted by Crippen LogP contribution is 2.04. The van der Waals surface area contributed by atoms with Gasteiger partial charge in [-0.25, -0.2) is 4.39 Å². The molecule has 2 aromatic rings. The van der Waals surface area contributed by atoms with Crippen LogP contribution in [0.25, 0.3) is 0 Å². The van der Waals surface area contributed by atoms with Gasteiger partial charge in [0, 0.05) is 32.7 Å². The van der Waals surface area contributed by atoms with E-state index in [1.54, 1.807) is 38.4 Å². The van der Waals surface area contributed by atoms with Gasteiger partial charge in [0.25, 0.3) is 5.91 Å². The number of amides is 1. The van der Waals surface area contributed by atoms with Gasteiger partial charge in [0.1, 0.15) is 5.82 Å². The zero-order valence-electron chi connectivity index (χ0n) is 14.2. The predicted octanol–water partition coefficient (Wildman–Crippen LogP) is 2.67. The zero-order valence-corrected chi connectivity index (χ0v) is 16.5. The third-order valence-corrected chi connectivity index (χ3v) is 3.50. The van der Waals surface area contributed by atoms with Crippen LogP contribution >= 0.6 is 24.0 Å². The van der Waals surface area contributed by atoms with Crippen LogP contribution in [0.4, 0.5) is 4.39 Å². The van der Waals surface area contributed by atoms with Crippen LogP contribution in [-0.2, 0) is 13.1 Å². The Morgan fingerprint density at radius 1 is 0.960 bits per heavy atom. The zero-order chi connectivity index (χ0) is 17.4. The number of guanidine groups is 1. The minimum absolute atomic E-state index is 0. The Hall–Kier alpha value is -2.16. The summed E-state index contributed by atoms with van der Waals surface area (Å²) >= 11 is 0. The van der Waals surface area contributed by atoms with E-state index in [2.05, 4.69) is 20.9 Å². The van der Waals surface area contributed by atoms with Gasteiger partial charge >= 0.3 is 0 Å². The van der Waals surface area contributed by atoms with Crippen molar-refractivity contribution in [2.45, 2.75) is 13.1 Å². The summed E-state index contributed by atoms with van der Waals surface area (Å²) in [6, 6.07) is 13.7. The summed E-state index contributed by atoms with van der Waals surface area (Å²) in [5.41, 5.74) is 2.63. The first-order valence-corrected chi connectivity index (χ1v) is 7.62. The third-order valence-electron chi connectivity index (χ3n) is 3.50. The van der Waals surface area contributed by atoms with Crippen molar-refractivity contribution < 1.29 is 9.18 Å². The average molecular weight is 456 g/mol. The fraction of sp³-hybridized carbons (Fsp3) is 0.222. The van der Waals surface area contributed by atoms with Crippen LogP contribution in [0.2, 0.25) is 0 Å². The van der Waals surface area contributed by atoms with Gasteiger partial charge in [-0.2, -0.15) is 0 Å². The molecule has 0 heterocycles. The van der Waals surface area contributed by atoms with Crippen LogP contribution in [-0.4, -0.2) is 26.0 Å². The Morgan fingerprint density at radius 2 is 1.44 bits per heavy atom. The molecule has 0 spiro atoms. The quantitative estimate of drug-likeness (QED) is 0.369.